The van der Waals surface area contributed by atoms with Crippen LogP contribution in [0.3, 0.4) is 0 Å². The van der Waals surface area contributed by atoms with Crippen LogP contribution in [-0.2, 0) is 16.7 Å². The highest BCUT2D eigenvalue weighted by atomic mass is 32.2. The fourth-order valence-electron chi connectivity index (χ4n) is 3.61. The minimum absolute atomic E-state index is 0.373. The van der Waals surface area contributed by atoms with Gasteiger partial charge in [0.15, 0.2) is 0 Å². The predicted octanol–water partition coefficient (Wildman–Crippen LogP) is 2.93. The number of piperazine rings is 1. The standard InChI is InChI=1S/C21H26N4O2S/c1-16-4-6-19(7-5-16)28(26,27)25-10-8-23(9-11-25)15-24-14-22-20-12-17(2)18(3)13-21(20)24/h4-7,12-14H,8-11,15H2,1-3H3. The molecule has 3 aromatic rings. The van der Waals surface area contributed by atoms with E-state index in [2.05, 4.69) is 40.4 Å². The van der Waals surface area contributed by atoms with Gasteiger partial charge in [0.25, 0.3) is 0 Å². The molecule has 1 fully saturated rings. The van der Waals surface area contributed by atoms with Gasteiger partial charge in [0.1, 0.15) is 0 Å². The molecule has 1 aliphatic heterocycles. The average Bonchev–Trinajstić information content (AvgIpc) is 3.04. The molecule has 2 aromatic carbocycles. The number of nitrogens with zero attached hydrogens (tertiary/aromatic N) is 4. The van der Waals surface area contributed by atoms with Gasteiger partial charge in [-0.3, -0.25) is 4.90 Å². The second kappa shape index (κ2) is 7.31. The largest absolute Gasteiger partial charge is 0.317 e. The molecule has 1 aliphatic rings. The van der Waals surface area contributed by atoms with Gasteiger partial charge in [0, 0.05) is 26.2 Å². The Morgan fingerprint density at radius 2 is 1.57 bits per heavy atom. The van der Waals surface area contributed by atoms with Crippen LogP contribution in [0.5, 0.6) is 0 Å². The Hall–Kier alpha value is -2.22. The Balaban J connectivity index is 1.45. The molecule has 0 bridgehead atoms. The quantitative estimate of drug-likeness (QED) is 0.678. The van der Waals surface area contributed by atoms with Gasteiger partial charge in [-0.2, -0.15) is 4.31 Å². The molecule has 1 aromatic heterocycles. The Kier molecular flexibility index (Phi) is 4.99. The first-order chi connectivity index (χ1) is 13.3. The van der Waals surface area contributed by atoms with E-state index in [-0.39, 0.29) is 0 Å². The van der Waals surface area contributed by atoms with Crippen LogP contribution in [0, 0.1) is 20.8 Å². The van der Waals surface area contributed by atoms with Crippen molar-refractivity contribution in [3.8, 4) is 0 Å². The molecule has 4 rings (SSSR count). The van der Waals surface area contributed by atoms with Crippen molar-refractivity contribution in [2.45, 2.75) is 32.3 Å². The topological polar surface area (TPSA) is 58.4 Å². The van der Waals surface area contributed by atoms with Crippen molar-refractivity contribution in [1.29, 1.82) is 0 Å². The molecule has 0 unspecified atom stereocenters. The Morgan fingerprint density at radius 3 is 2.25 bits per heavy atom. The van der Waals surface area contributed by atoms with Crippen molar-refractivity contribution < 1.29 is 8.42 Å². The number of aromatic nitrogens is 2. The summed E-state index contributed by atoms with van der Waals surface area (Å²) in [6, 6.07) is 11.4. The number of imidazole rings is 1. The van der Waals surface area contributed by atoms with E-state index in [4.69, 9.17) is 0 Å². The molecule has 0 saturated carbocycles. The summed E-state index contributed by atoms with van der Waals surface area (Å²) >= 11 is 0. The molecule has 148 valence electrons. The lowest BCUT2D eigenvalue weighted by Crippen LogP contribution is -2.48. The van der Waals surface area contributed by atoms with Gasteiger partial charge in [-0.05, 0) is 56.2 Å². The zero-order chi connectivity index (χ0) is 19.9. The van der Waals surface area contributed by atoms with Crippen LogP contribution in [0.4, 0.5) is 0 Å². The number of aryl methyl sites for hydroxylation is 3. The van der Waals surface area contributed by atoms with Crippen LogP contribution in [0.15, 0.2) is 47.6 Å². The molecule has 0 spiro atoms. The van der Waals surface area contributed by atoms with E-state index >= 15 is 0 Å². The van der Waals surface area contributed by atoms with Gasteiger partial charge in [-0.15, -0.1) is 0 Å². The Morgan fingerprint density at radius 1 is 0.929 bits per heavy atom. The number of sulfonamides is 1. The van der Waals surface area contributed by atoms with Gasteiger partial charge in [0.2, 0.25) is 10.0 Å². The highest BCUT2D eigenvalue weighted by Gasteiger charge is 2.28. The monoisotopic (exact) mass is 398 g/mol. The molecule has 0 amide bonds. The van der Waals surface area contributed by atoms with Crippen molar-refractivity contribution in [3.05, 3.63) is 59.4 Å². The van der Waals surface area contributed by atoms with Crippen LogP contribution in [-0.4, -0.2) is 53.4 Å². The van der Waals surface area contributed by atoms with Gasteiger partial charge < -0.3 is 4.57 Å². The van der Waals surface area contributed by atoms with Gasteiger partial charge in [0.05, 0.1) is 28.9 Å². The minimum Gasteiger partial charge on any atom is -0.317 e. The molecule has 0 N–H and O–H groups in total. The maximum absolute atomic E-state index is 12.9. The zero-order valence-corrected chi connectivity index (χ0v) is 17.4. The third-order valence-electron chi connectivity index (χ3n) is 5.58. The highest BCUT2D eigenvalue weighted by Crippen LogP contribution is 2.21. The van der Waals surface area contributed by atoms with Crippen molar-refractivity contribution in [2.24, 2.45) is 0 Å². The molecule has 1 saturated heterocycles. The summed E-state index contributed by atoms with van der Waals surface area (Å²) < 4.78 is 29.5. The van der Waals surface area contributed by atoms with E-state index in [1.54, 1.807) is 16.4 Å². The molecule has 0 radical (unpaired) electrons. The van der Waals surface area contributed by atoms with Gasteiger partial charge in [-0.1, -0.05) is 17.7 Å². The second-order valence-electron chi connectivity index (χ2n) is 7.62. The fourth-order valence-corrected chi connectivity index (χ4v) is 5.03. The van der Waals surface area contributed by atoms with Crippen LogP contribution in [0.25, 0.3) is 11.0 Å². The molecular formula is C21H26N4O2S. The lowest BCUT2D eigenvalue weighted by atomic mass is 10.1. The third kappa shape index (κ3) is 3.57. The molecular weight excluding hydrogens is 372 g/mol. The smallest absolute Gasteiger partial charge is 0.243 e. The lowest BCUT2D eigenvalue weighted by molar-refractivity contribution is 0.154. The van der Waals surface area contributed by atoms with Crippen molar-refractivity contribution in [1.82, 2.24) is 18.8 Å². The highest BCUT2D eigenvalue weighted by molar-refractivity contribution is 7.89. The van der Waals surface area contributed by atoms with Gasteiger partial charge in [-0.25, -0.2) is 13.4 Å². The first-order valence-electron chi connectivity index (χ1n) is 9.56. The van der Waals surface area contributed by atoms with E-state index in [1.807, 2.05) is 25.4 Å². The summed E-state index contributed by atoms with van der Waals surface area (Å²) in [7, 11) is -3.42. The maximum atomic E-state index is 12.9. The predicted molar refractivity (Wildman–Crippen MR) is 111 cm³/mol. The first kappa shape index (κ1) is 19.1. The van der Waals surface area contributed by atoms with E-state index in [0.717, 1.165) is 23.3 Å². The Bertz CT molecular complexity index is 1100. The van der Waals surface area contributed by atoms with E-state index in [0.29, 0.717) is 31.1 Å². The molecule has 0 atom stereocenters. The maximum Gasteiger partial charge on any atom is 0.243 e. The molecule has 2 heterocycles. The summed E-state index contributed by atoms with van der Waals surface area (Å²) in [6.07, 6.45) is 1.87. The first-order valence-corrected chi connectivity index (χ1v) is 11.0. The van der Waals surface area contributed by atoms with Crippen LogP contribution >= 0.6 is 0 Å². The Labute approximate surface area is 166 Å². The number of fused-ring (bicyclic) bond motifs is 1. The summed E-state index contributed by atoms with van der Waals surface area (Å²) in [5.41, 5.74) is 5.68. The van der Waals surface area contributed by atoms with Crippen LogP contribution in [0.2, 0.25) is 0 Å². The number of benzene rings is 2. The van der Waals surface area contributed by atoms with Crippen molar-refractivity contribution >= 4 is 21.1 Å². The summed E-state index contributed by atoms with van der Waals surface area (Å²) in [4.78, 5) is 7.17. The number of hydrogen-bond donors (Lipinski definition) is 0. The number of rotatable bonds is 4. The average molecular weight is 399 g/mol. The minimum atomic E-state index is -3.42. The number of hydrogen-bond acceptors (Lipinski definition) is 4. The van der Waals surface area contributed by atoms with Crippen LogP contribution < -0.4 is 0 Å². The SMILES string of the molecule is Cc1ccc(S(=O)(=O)N2CCN(Cn3cnc4cc(C)c(C)cc43)CC2)cc1. The van der Waals surface area contributed by atoms with E-state index in [9.17, 15) is 8.42 Å². The third-order valence-corrected chi connectivity index (χ3v) is 7.49. The second-order valence-corrected chi connectivity index (χ2v) is 9.55. The molecule has 28 heavy (non-hydrogen) atoms. The van der Waals surface area contributed by atoms with Crippen molar-refractivity contribution in [3.63, 3.8) is 0 Å². The molecule has 0 aliphatic carbocycles. The summed E-state index contributed by atoms with van der Waals surface area (Å²) in [6.45, 7) is 9.30. The molecule has 6 nitrogen and oxygen atoms in total. The fraction of sp³-hybridized carbons (Fsp3) is 0.381. The van der Waals surface area contributed by atoms with Crippen LogP contribution in [0.1, 0.15) is 16.7 Å². The van der Waals surface area contributed by atoms with E-state index in [1.165, 1.54) is 11.1 Å². The van der Waals surface area contributed by atoms with Gasteiger partial charge >= 0.3 is 0 Å². The summed E-state index contributed by atoms with van der Waals surface area (Å²) in [5, 5.41) is 0. The normalized spacial score (nSPS) is 16.7. The lowest BCUT2D eigenvalue weighted by Gasteiger charge is -2.34. The van der Waals surface area contributed by atoms with Crippen molar-refractivity contribution in [2.75, 3.05) is 26.2 Å². The zero-order valence-electron chi connectivity index (χ0n) is 16.6. The molecule has 7 heteroatoms. The summed E-state index contributed by atoms with van der Waals surface area (Å²) in [5.74, 6) is 0. The van der Waals surface area contributed by atoms with E-state index < -0.39 is 10.0 Å².